The molecule has 33 heavy (non-hydrogen) atoms. The molecule has 2 aliphatic heterocycles. The van der Waals surface area contributed by atoms with E-state index in [1.807, 2.05) is 53.2 Å². The third kappa shape index (κ3) is 3.12. The minimum Gasteiger partial charge on any atom is -0.497 e. The molecule has 0 saturated carbocycles. The van der Waals surface area contributed by atoms with Gasteiger partial charge in [0.05, 0.1) is 19.9 Å². The van der Waals surface area contributed by atoms with Crippen LogP contribution in [-0.2, 0) is 0 Å². The summed E-state index contributed by atoms with van der Waals surface area (Å²) in [4.78, 5) is 4.48. The maximum absolute atomic E-state index is 6.64. The summed E-state index contributed by atoms with van der Waals surface area (Å²) in [7, 11) is 3.34. The van der Waals surface area contributed by atoms with Crippen LogP contribution in [0.15, 0.2) is 84.7 Å². The average molecular weight is 438 g/mol. The van der Waals surface area contributed by atoms with E-state index in [4.69, 9.17) is 14.2 Å². The Bertz CT molecular complexity index is 1360. The summed E-state index contributed by atoms with van der Waals surface area (Å²) in [6.07, 6.45) is 1.23. The molecule has 4 aromatic rings. The Labute approximate surface area is 191 Å². The van der Waals surface area contributed by atoms with Gasteiger partial charge in [0.2, 0.25) is 5.95 Å². The van der Waals surface area contributed by atoms with Crippen LogP contribution in [0.3, 0.4) is 0 Å². The number of aromatic nitrogens is 3. The van der Waals surface area contributed by atoms with Gasteiger partial charge in [-0.15, -0.1) is 0 Å². The van der Waals surface area contributed by atoms with Crippen molar-refractivity contribution < 1.29 is 14.2 Å². The second-order valence-electron chi connectivity index (χ2n) is 7.93. The van der Waals surface area contributed by atoms with E-state index in [9.17, 15) is 0 Å². The highest BCUT2D eigenvalue weighted by Gasteiger charge is 2.40. The summed E-state index contributed by atoms with van der Waals surface area (Å²) in [5, 5.41) is 8.08. The minimum atomic E-state index is -0.345. The molecule has 2 unspecified atom stereocenters. The van der Waals surface area contributed by atoms with E-state index in [1.54, 1.807) is 20.5 Å². The quantitative estimate of drug-likeness (QED) is 0.491. The molecule has 1 aromatic heterocycles. The summed E-state index contributed by atoms with van der Waals surface area (Å²) in [6, 6.07) is 23.9. The van der Waals surface area contributed by atoms with Crippen LogP contribution < -0.4 is 19.5 Å². The standard InChI is InChI=1S/C26H22N4O3/c1-31-18-12-10-16(11-13-18)24-22-23(29-26-27-15-28-30(24)26)20-8-3-4-9-21(20)33-25(22)17-6-5-7-19(14-17)32-2/h3-15,24-25H,1-2H3,(H,27,28,29). The van der Waals surface area contributed by atoms with Gasteiger partial charge < -0.3 is 19.5 Å². The number of rotatable bonds is 4. The molecule has 1 N–H and O–H groups in total. The number of hydrogen-bond acceptors (Lipinski definition) is 6. The molecule has 0 bridgehead atoms. The Morgan fingerprint density at radius 1 is 0.879 bits per heavy atom. The Kier molecular flexibility index (Phi) is 4.54. The first-order valence-corrected chi connectivity index (χ1v) is 10.7. The van der Waals surface area contributed by atoms with Crippen molar-refractivity contribution in [3.05, 3.63) is 101 Å². The summed E-state index contributed by atoms with van der Waals surface area (Å²) in [5.41, 5.74) is 5.11. The second-order valence-corrected chi connectivity index (χ2v) is 7.93. The van der Waals surface area contributed by atoms with Crippen molar-refractivity contribution in [1.82, 2.24) is 14.8 Å². The summed E-state index contributed by atoms with van der Waals surface area (Å²) in [6.45, 7) is 0. The average Bonchev–Trinajstić information content (AvgIpc) is 3.35. The second kappa shape index (κ2) is 7.70. The highest BCUT2D eigenvalue weighted by Crippen LogP contribution is 2.50. The number of hydrogen-bond donors (Lipinski definition) is 1. The van der Waals surface area contributed by atoms with Gasteiger partial charge in [-0.25, -0.2) is 4.68 Å². The van der Waals surface area contributed by atoms with E-state index in [0.717, 1.165) is 45.2 Å². The van der Waals surface area contributed by atoms with Crippen molar-refractivity contribution in [1.29, 1.82) is 0 Å². The maximum atomic E-state index is 6.64. The zero-order valence-electron chi connectivity index (χ0n) is 18.2. The maximum Gasteiger partial charge on any atom is 0.226 e. The van der Waals surface area contributed by atoms with Crippen molar-refractivity contribution in [3.8, 4) is 17.2 Å². The Balaban J connectivity index is 1.60. The highest BCUT2D eigenvalue weighted by molar-refractivity contribution is 5.85. The topological polar surface area (TPSA) is 70.4 Å². The largest absolute Gasteiger partial charge is 0.497 e. The lowest BCUT2D eigenvalue weighted by molar-refractivity contribution is 0.222. The highest BCUT2D eigenvalue weighted by atomic mass is 16.5. The van der Waals surface area contributed by atoms with Crippen LogP contribution in [0, 0.1) is 0 Å². The Morgan fingerprint density at radius 3 is 2.52 bits per heavy atom. The first-order chi connectivity index (χ1) is 16.3. The molecule has 2 aliphatic rings. The van der Waals surface area contributed by atoms with Crippen LogP contribution >= 0.6 is 0 Å². The lowest BCUT2D eigenvalue weighted by Crippen LogP contribution is -2.32. The zero-order valence-corrected chi connectivity index (χ0v) is 18.2. The number of para-hydroxylation sites is 1. The molecule has 164 valence electrons. The predicted molar refractivity (Wildman–Crippen MR) is 125 cm³/mol. The van der Waals surface area contributed by atoms with Crippen molar-refractivity contribution in [3.63, 3.8) is 0 Å². The molecule has 0 saturated heterocycles. The lowest BCUT2D eigenvalue weighted by atomic mass is 9.84. The molecule has 0 amide bonds. The van der Waals surface area contributed by atoms with E-state index in [1.165, 1.54) is 0 Å². The number of anilines is 1. The first kappa shape index (κ1) is 19.4. The minimum absolute atomic E-state index is 0.214. The molecule has 0 aliphatic carbocycles. The van der Waals surface area contributed by atoms with Gasteiger partial charge in [0, 0.05) is 16.7 Å². The SMILES string of the molecule is COc1ccc(C2C3=C(Nc4ncnn42)c2ccccc2OC3c2cccc(OC)c2)cc1. The molecule has 7 nitrogen and oxygen atoms in total. The van der Waals surface area contributed by atoms with Crippen LogP contribution in [0.1, 0.15) is 28.8 Å². The van der Waals surface area contributed by atoms with Gasteiger partial charge in [0.25, 0.3) is 0 Å². The van der Waals surface area contributed by atoms with Gasteiger partial charge in [-0.1, -0.05) is 36.4 Å². The molecule has 3 heterocycles. The smallest absolute Gasteiger partial charge is 0.226 e. The fourth-order valence-electron chi connectivity index (χ4n) is 4.60. The third-order valence-electron chi connectivity index (χ3n) is 6.15. The van der Waals surface area contributed by atoms with E-state index in [2.05, 4.69) is 39.7 Å². The van der Waals surface area contributed by atoms with Crippen LogP contribution in [0.2, 0.25) is 0 Å². The number of benzene rings is 3. The summed E-state index contributed by atoms with van der Waals surface area (Å²) in [5.74, 6) is 3.09. The Hall–Kier alpha value is -4.26. The molecule has 2 atom stereocenters. The molecule has 0 spiro atoms. The van der Waals surface area contributed by atoms with Crippen LogP contribution in [0.25, 0.3) is 5.70 Å². The van der Waals surface area contributed by atoms with Crippen molar-refractivity contribution in [2.75, 3.05) is 19.5 Å². The monoisotopic (exact) mass is 438 g/mol. The molecule has 7 heteroatoms. The van der Waals surface area contributed by atoms with E-state index in [-0.39, 0.29) is 12.1 Å². The van der Waals surface area contributed by atoms with E-state index < -0.39 is 0 Å². The Morgan fingerprint density at radius 2 is 1.70 bits per heavy atom. The molecule has 0 fully saturated rings. The molecular weight excluding hydrogens is 416 g/mol. The number of fused-ring (bicyclic) bond motifs is 3. The van der Waals surface area contributed by atoms with Gasteiger partial charge in [-0.05, 0) is 42.0 Å². The van der Waals surface area contributed by atoms with Gasteiger partial charge in [-0.3, -0.25) is 0 Å². The van der Waals surface area contributed by atoms with Crippen LogP contribution in [-0.4, -0.2) is 29.0 Å². The number of ether oxygens (including phenoxy) is 3. The normalized spacial score (nSPS) is 18.4. The lowest BCUT2D eigenvalue weighted by Gasteiger charge is -2.39. The van der Waals surface area contributed by atoms with Crippen molar-refractivity contribution in [2.45, 2.75) is 12.1 Å². The fourth-order valence-corrected chi connectivity index (χ4v) is 4.60. The summed E-state index contributed by atoms with van der Waals surface area (Å²) < 4.78 is 19.4. The molecular formula is C26H22N4O3. The van der Waals surface area contributed by atoms with E-state index >= 15 is 0 Å². The number of nitrogens with zero attached hydrogens (tertiary/aromatic N) is 3. The molecule has 0 radical (unpaired) electrons. The van der Waals surface area contributed by atoms with Gasteiger partial charge in [-0.2, -0.15) is 10.1 Å². The van der Waals surface area contributed by atoms with Crippen LogP contribution in [0.4, 0.5) is 5.95 Å². The fraction of sp³-hybridized carbons (Fsp3) is 0.154. The van der Waals surface area contributed by atoms with Gasteiger partial charge >= 0.3 is 0 Å². The van der Waals surface area contributed by atoms with Crippen LogP contribution in [0.5, 0.6) is 17.2 Å². The van der Waals surface area contributed by atoms with Gasteiger partial charge in [0.15, 0.2) is 0 Å². The van der Waals surface area contributed by atoms with E-state index in [0.29, 0.717) is 5.95 Å². The number of nitrogens with one attached hydrogen (secondary N) is 1. The van der Waals surface area contributed by atoms with Crippen molar-refractivity contribution in [2.24, 2.45) is 0 Å². The van der Waals surface area contributed by atoms with Gasteiger partial charge in [0.1, 0.15) is 35.7 Å². The van der Waals surface area contributed by atoms with Crippen molar-refractivity contribution >= 4 is 11.6 Å². The first-order valence-electron chi connectivity index (χ1n) is 10.7. The predicted octanol–water partition coefficient (Wildman–Crippen LogP) is 4.86. The zero-order chi connectivity index (χ0) is 22.4. The number of methoxy groups -OCH3 is 2. The molecule has 3 aromatic carbocycles. The molecule has 6 rings (SSSR count). The summed E-state index contributed by atoms with van der Waals surface area (Å²) >= 11 is 0. The third-order valence-corrected chi connectivity index (χ3v) is 6.15.